The second kappa shape index (κ2) is 4.78. The fourth-order valence-corrected chi connectivity index (χ4v) is 1.23. The van der Waals surface area contributed by atoms with E-state index in [-0.39, 0.29) is 0 Å². The summed E-state index contributed by atoms with van der Waals surface area (Å²) >= 11 is 0. The van der Waals surface area contributed by atoms with Crippen molar-refractivity contribution in [1.82, 2.24) is 0 Å². The van der Waals surface area contributed by atoms with Crippen LogP contribution in [0.15, 0.2) is 0 Å². The van der Waals surface area contributed by atoms with Gasteiger partial charge in [0.05, 0.1) is 12.9 Å². The van der Waals surface area contributed by atoms with Crippen LogP contribution in [-0.4, -0.2) is 33.6 Å². The first-order valence-electron chi connectivity index (χ1n) is 3.82. The van der Waals surface area contributed by atoms with Gasteiger partial charge in [-0.25, -0.2) is 0 Å². The van der Waals surface area contributed by atoms with Gasteiger partial charge in [-0.2, -0.15) is 34.8 Å². The van der Waals surface area contributed by atoms with Crippen LogP contribution >= 0.6 is 0 Å². The van der Waals surface area contributed by atoms with Crippen molar-refractivity contribution in [3.8, 4) is 0 Å². The number of hydrogen-bond acceptors (Lipinski definition) is 3. The maximum Gasteiger partial charge on any atom is 0.400 e. The quantitative estimate of drug-likeness (QED) is 0.582. The molecule has 0 heterocycles. The van der Waals surface area contributed by atoms with E-state index < -0.39 is 41.4 Å². The van der Waals surface area contributed by atoms with Gasteiger partial charge in [0.15, 0.2) is 5.92 Å². The molecule has 0 radical (unpaired) electrons. The lowest BCUT2D eigenvalue weighted by atomic mass is 10.1. The normalized spacial score (nSPS) is 14.5. The van der Waals surface area contributed by atoms with Crippen LogP contribution in [0.5, 0.6) is 0 Å². The van der Waals surface area contributed by atoms with Gasteiger partial charge in [-0.05, 0) is 6.42 Å². The van der Waals surface area contributed by atoms with E-state index in [0.717, 1.165) is 0 Å². The lowest BCUT2D eigenvalue weighted by molar-refractivity contribution is -0.286. The van der Waals surface area contributed by atoms with Crippen LogP contribution in [0.1, 0.15) is 6.42 Å². The van der Waals surface area contributed by atoms with Gasteiger partial charge in [-0.15, -0.1) is 0 Å². The summed E-state index contributed by atoms with van der Waals surface area (Å²) in [5.41, 5.74) is 0. The molecule has 0 aliphatic carbocycles. The van der Waals surface area contributed by atoms with E-state index in [0.29, 0.717) is 6.26 Å². The van der Waals surface area contributed by atoms with Crippen LogP contribution in [0, 0.1) is 5.92 Å². The van der Waals surface area contributed by atoms with Crippen molar-refractivity contribution in [3.63, 3.8) is 0 Å². The molecule has 0 spiro atoms. The zero-order valence-electron chi connectivity index (χ0n) is 7.89. The second-order valence-corrected chi connectivity index (χ2v) is 4.59. The van der Waals surface area contributed by atoms with Gasteiger partial charge in [0.1, 0.15) is 0 Å². The maximum absolute atomic E-state index is 11.9. The van der Waals surface area contributed by atoms with E-state index in [4.69, 9.17) is 0 Å². The molecule has 0 aromatic heterocycles. The SMILES string of the molecule is CS(=O)(=O)OCCC(C(F)(F)F)C(F)(F)F. The molecule has 0 aromatic carbocycles. The highest BCUT2D eigenvalue weighted by molar-refractivity contribution is 7.85. The predicted molar refractivity (Wildman–Crippen MR) is 41.0 cm³/mol. The number of alkyl halides is 6. The molecular formula is C6H8F6O3S. The fourth-order valence-electron chi connectivity index (χ4n) is 0.830. The molecule has 0 rings (SSSR count). The highest BCUT2D eigenvalue weighted by atomic mass is 32.2. The van der Waals surface area contributed by atoms with Gasteiger partial charge in [0.2, 0.25) is 0 Å². The van der Waals surface area contributed by atoms with E-state index >= 15 is 0 Å². The highest BCUT2D eigenvalue weighted by Crippen LogP contribution is 2.41. The summed E-state index contributed by atoms with van der Waals surface area (Å²) < 4.78 is 95.9. The van der Waals surface area contributed by atoms with Gasteiger partial charge in [-0.3, -0.25) is 4.18 Å². The molecule has 16 heavy (non-hydrogen) atoms. The average Bonchev–Trinajstić information content (AvgIpc) is 1.90. The van der Waals surface area contributed by atoms with Crippen LogP contribution in [0.4, 0.5) is 26.3 Å². The van der Waals surface area contributed by atoms with Crippen LogP contribution < -0.4 is 0 Å². The monoisotopic (exact) mass is 274 g/mol. The Kier molecular flexibility index (Phi) is 4.63. The minimum atomic E-state index is -5.47. The molecule has 0 fully saturated rings. The first kappa shape index (κ1) is 15.5. The molecular weight excluding hydrogens is 266 g/mol. The Hall–Kier alpha value is -0.510. The molecule has 0 N–H and O–H groups in total. The predicted octanol–water partition coefficient (Wildman–Crippen LogP) is 2.09. The summed E-state index contributed by atoms with van der Waals surface area (Å²) in [4.78, 5) is 0. The molecule has 98 valence electrons. The summed E-state index contributed by atoms with van der Waals surface area (Å²) in [6, 6.07) is 0. The van der Waals surface area contributed by atoms with Crippen molar-refractivity contribution in [2.24, 2.45) is 5.92 Å². The Balaban J connectivity index is 4.49. The number of halogens is 6. The topological polar surface area (TPSA) is 43.4 Å². The van der Waals surface area contributed by atoms with E-state index in [1.54, 1.807) is 0 Å². The summed E-state index contributed by atoms with van der Waals surface area (Å²) in [6.45, 7) is -1.16. The largest absolute Gasteiger partial charge is 0.400 e. The molecule has 0 aliphatic heterocycles. The first-order valence-corrected chi connectivity index (χ1v) is 5.63. The molecule has 0 unspecified atom stereocenters. The Labute approximate surface area is 87.5 Å². The molecule has 0 aliphatic rings. The summed E-state index contributed by atoms with van der Waals surface area (Å²) in [6.07, 6.45) is -11.9. The third-order valence-electron chi connectivity index (χ3n) is 1.49. The van der Waals surface area contributed by atoms with Crippen molar-refractivity contribution in [1.29, 1.82) is 0 Å². The lowest BCUT2D eigenvalue weighted by Gasteiger charge is -2.22. The molecule has 0 bridgehead atoms. The molecule has 0 atom stereocenters. The Morgan fingerprint density at radius 1 is 1.06 bits per heavy atom. The molecule has 0 amide bonds. The number of hydrogen-bond donors (Lipinski definition) is 0. The van der Waals surface area contributed by atoms with Crippen LogP contribution in [0.25, 0.3) is 0 Å². The molecule has 0 saturated heterocycles. The smallest absolute Gasteiger partial charge is 0.270 e. The summed E-state index contributed by atoms with van der Waals surface area (Å²) in [5, 5.41) is 0. The third kappa shape index (κ3) is 6.16. The van der Waals surface area contributed by atoms with E-state index in [1.165, 1.54) is 0 Å². The Morgan fingerprint density at radius 3 is 1.69 bits per heavy atom. The zero-order chi connectivity index (χ0) is 13.2. The minimum absolute atomic E-state index is 0.531. The van der Waals surface area contributed by atoms with Crippen molar-refractivity contribution in [2.45, 2.75) is 18.8 Å². The Morgan fingerprint density at radius 2 is 1.44 bits per heavy atom. The number of rotatable bonds is 4. The van der Waals surface area contributed by atoms with Crippen LogP contribution in [0.2, 0.25) is 0 Å². The van der Waals surface area contributed by atoms with Crippen molar-refractivity contribution in [3.05, 3.63) is 0 Å². The minimum Gasteiger partial charge on any atom is -0.270 e. The van der Waals surface area contributed by atoms with Crippen molar-refractivity contribution < 1.29 is 38.9 Å². The summed E-state index contributed by atoms with van der Waals surface area (Å²) in [5.74, 6) is -3.58. The highest BCUT2D eigenvalue weighted by Gasteiger charge is 2.56. The lowest BCUT2D eigenvalue weighted by Crippen LogP contribution is -2.37. The molecule has 0 aromatic rings. The molecule has 10 heteroatoms. The first-order chi connectivity index (χ1) is 6.84. The van der Waals surface area contributed by atoms with Gasteiger partial charge in [-0.1, -0.05) is 0 Å². The van der Waals surface area contributed by atoms with Gasteiger partial charge >= 0.3 is 12.4 Å². The molecule has 3 nitrogen and oxygen atoms in total. The van der Waals surface area contributed by atoms with Crippen molar-refractivity contribution >= 4 is 10.1 Å². The van der Waals surface area contributed by atoms with Gasteiger partial charge in [0, 0.05) is 0 Å². The standard InChI is InChI=1S/C6H8F6O3S/c1-16(13,14)15-3-2-4(5(7,8)9)6(10,11)12/h4H,2-3H2,1H3. The summed E-state index contributed by atoms with van der Waals surface area (Å²) in [7, 11) is -4.05. The van der Waals surface area contributed by atoms with E-state index in [1.807, 2.05) is 0 Å². The van der Waals surface area contributed by atoms with Crippen LogP contribution in [0.3, 0.4) is 0 Å². The maximum atomic E-state index is 11.9. The Bertz CT molecular complexity index is 302. The van der Waals surface area contributed by atoms with Gasteiger partial charge in [0.25, 0.3) is 10.1 Å². The zero-order valence-corrected chi connectivity index (χ0v) is 8.71. The third-order valence-corrected chi connectivity index (χ3v) is 2.09. The van der Waals surface area contributed by atoms with E-state index in [9.17, 15) is 34.8 Å². The average molecular weight is 274 g/mol. The van der Waals surface area contributed by atoms with E-state index in [2.05, 4.69) is 4.18 Å². The second-order valence-electron chi connectivity index (χ2n) is 2.95. The molecule has 0 saturated carbocycles. The van der Waals surface area contributed by atoms with Gasteiger partial charge < -0.3 is 0 Å². The van der Waals surface area contributed by atoms with Crippen LogP contribution in [-0.2, 0) is 14.3 Å². The fraction of sp³-hybridized carbons (Fsp3) is 1.00. The van der Waals surface area contributed by atoms with Crippen molar-refractivity contribution in [2.75, 3.05) is 12.9 Å².